The molecule has 0 bridgehead atoms. The van der Waals surface area contributed by atoms with E-state index in [1.807, 2.05) is 6.07 Å². The monoisotopic (exact) mass is 325 g/mol. The lowest BCUT2D eigenvalue weighted by molar-refractivity contribution is 0.331. The average Bonchev–Trinajstić information content (AvgIpc) is 2.49. The van der Waals surface area contributed by atoms with E-state index in [0.29, 0.717) is 23.1 Å². The van der Waals surface area contributed by atoms with Crippen LogP contribution in [0.15, 0.2) is 53.4 Å². The zero-order valence-corrected chi connectivity index (χ0v) is 13.4. The Hall–Kier alpha value is -1.72. The molecule has 0 saturated heterocycles. The van der Waals surface area contributed by atoms with Crippen LogP contribution >= 0.6 is 11.6 Å². The van der Waals surface area contributed by atoms with Crippen molar-refractivity contribution in [2.24, 2.45) is 0 Å². The van der Waals surface area contributed by atoms with Gasteiger partial charge in [-0.15, -0.1) is 0 Å². The summed E-state index contributed by atoms with van der Waals surface area (Å²) in [5.41, 5.74) is 0.569. The van der Waals surface area contributed by atoms with Gasteiger partial charge in [-0.2, -0.15) is 0 Å². The average molecular weight is 326 g/mol. The van der Waals surface area contributed by atoms with Crippen LogP contribution in [-0.2, 0) is 10.0 Å². The van der Waals surface area contributed by atoms with E-state index in [0.717, 1.165) is 0 Å². The summed E-state index contributed by atoms with van der Waals surface area (Å²) in [6.07, 6.45) is 0. The van der Waals surface area contributed by atoms with Gasteiger partial charge in [0.1, 0.15) is 10.6 Å². The first-order valence-electron chi connectivity index (χ1n) is 6.43. The van der Waals surface area contributed by atoms with Gasteiger partial charge in [-0.25, -0.2) is 8.42 Å². The minimum atomic E-state index is -3.74. The molecular weight excluding hydrogens is 310 g/mol. The first-order valence-corrected chi connectivity index (χ1v) is 8.25. The molecule has 2 aromatic rings. The predicted molar refractivity (Wildman–Crippen MR) is 84.7 cm³/mol. The lowest BCUT2D eigenvalue weighted by Gasteiger charge is -2.21. The molecule has 4 nitrogen and oxygen atoms in total. The molecule has 2 aromatic carbocycles. The number of rotatable bonds is 5. The Bertz CT molecular complexity index is 717. The Morgan fingerprint density at radius 1 is 1.14 bits per heavy atom. The van der Waals surface area contributed by atoms with Crippen molar-refractivity contribution in [3.63, 3.8) is 0 Å². The maximum absolute atomic E-state index is 12.8. The Labute approximate surface area is 130 Å². The summed E-state index contributed by atoms with van der Waals surface area (Å²) >= 11 is 5.94. The molecule has 0 radical (unpaired) electrons. The maximum Gasteiger partial charge on any atom is 0.267 e. The van der Waals surface area contributed by atoms with Crippen molar-refractivity contribution in [2.75, 3.05) is 18.0 Å². The third-order valence-corrected chi connectivity index (χ3v) is 5.01. The highest BCUT2D eigenvalue weighted by atomic mass is 35.5. The molecule has 0 amide bonds. The van der Waals surface area contributed by atoms with E-state index < -0.39 is 10.0 Å². The van der Waals surface area contributed by atoms with Crippen LogP contribution in [0.3, 0.4) is 0 Å². The molecule has 0 N–H and O–H groups in total. The number of anilines is 1. The van der Waals surface area contributed by atoms with Crippen molar-refractivity contribution < 1.29 is 13.2 Å². The standard InChI is InChI=1S/C15H16ClNO3S/c1-3-20-14-10-9-12(16)11-15(14)21(18,19)17(2)13-7-5-4-6-8-13/h4-11H,3H2,1-2H3. The predicted octanol–water partition coefficient (Wildman–Crippen LogP) is 3.56. The fraction of sp³-hybridized carbons (Fsp3) is 0.200. The molecule has 0 saturated carbocycles. The highest BCUT2D eigenvalue weighted by molar-refractivity contribution is 7.93. The molecule has 2 rings (SSSR count). The van der Waals surface area contributed by atoms with Crippen LogP contribution in [0.1, 0.15) is 6.92 Å². The van der Waals surface area contributed by atoms with Crippen molar-refractivity contribution in [1.29, 1.82) is 0 Å². The van der Waals surface area contributed by atoms with Gasteiger partial charge in [-0.05, 0) is 37.3 Å². The molecule has 21 heavy (non-hydrogen) atoms. The number of hydrogen-bond donors (Lipinski definition) is 0. The van der Waals surface area contributed by atoms with Crippen molar-refractivity contribution in [3.8, 4) is 5.75 Å². The van der Waals surface area contributed by atoms with Crippen molar-refractivity contribution in [2.45, 2.75) is 11.8 Å². The molecule has 6 heteroatoms. The third kappa shape index (κ3) is 3.31. The number of halogens is 1. The van der Waals surface area contributed by atoms with Crippen molar-refractivity contribution in [3.05, 3.63) is 53.6 Å². The van der Waals surface area contributed by atoms with Gasteiger partial charge in [0.05, 0.1) is 12.3 Å². The van der Waals surface area contributed by atoms with Gasteiger partial charge in [-0.3, -0.25) is 4.31 Å². The second kappa shape index (κ2) is 6.37. The van der Waals surface area contributed by atoms with Crippen LogP contribution in [0.2, 0.25) is 5.02 Å². The van der Waals surface area contributed by atoms with E-state index in [4.69, 9.17) is 16.3 Å². The Morgan fingerprint density at radius 3 is 2.43 bits per heavy atom. The zero-order valence-electron chi connectivity index (χ0n) is 11.8. The molecule has 0 heterocycles. The molecule has 0 aliphatic rings. The Balaban J connectivity index is 2.51. The smallest absolute Gasteiger partial charge is 0.267 e. The Morgan fingerprint density at radius 2 is 1.81 bits per heavy atom. The number of nitrogens with zero attached hydrogens (tertiary/aromatic N) is 1. The summed E-state index contributed by atoms with van der Waals surface area (Å²) < 4.78 is 32.1. The van der Waals surface area contributed by atoms with Gasteiger partial charge in [0, 0.05) is 12.1 Å². The quantitative estimate of drug-likeness (QED) is 0.844. The Kier molecular flexibility index (Phi) is 4.75. The van der Waals surface area contributed by atoms with Gasteiger partial charge in [-0.1, -0.05) is 29.8 Å². The number of hydrogen-bond acceptors (Lipinski definition) is 3. The second-order valence-corrected chi connectivity index (χ2v) is 6.71. The lowest BCUT2D eigenvalue weighted by Crippen LogP contribution is -2.27. The highest BCUT2D eigenvalue weighted by Crippen LogP contribution is 2.31. The molecule has 0 spiro atoms. The molecule has 0 aliphatic heterocycles. The maximum atomic E-state index is 12.8. The van der Waals surface area contributed by atoms with E-state index in [1.54, 1.807) is 43.3 Å². The minimum absolute atomic E-state index is 0.0585. The number of para-hydroxylation sites is 1. The van der Waals surface area contributed by atoms with E-state index in [9.17, 15) is 8.42 Å². The fourth-order valence-electron chi connectivity index (χ4n) is 1.88. The van der Waals surface area contributed by atoms with Gasteiger partial charge in [0.25, 0.3) is 10.0 Å². The summed E-state index contributed by atoms with van der Waals surface area (Å²) in [4.78, 5) is 0.0585. The summed E-state index contributed by atoms with van der Waals surface area (Å²) in [5, 5.41) is 0.346. The largest absolute Gasteiger partial charge is 0.492 e. The second-order valence-electron chi connectivity index (χ2n) is 4.33. The lowest BCUT2D eigenvalue weighted by atomic mass is 10.3. The minimum Gasteiger partial charge on any atom is -0.492 e. The van der Waals surface area contributed by atoms with E-state index in [2.05, 4.69) is 0 Å². The van der Waals surface area contributed by atoms with E-state index in [1.165, 1.54) is 17.4 Å². The normalized spacial score (nSPS) is 11.2. The molecule has 0 aliphatic carbocycles. The molecule has 0 aromatic heterocycles. The third-order valence-electron chi connectivity index (χ3n) is 2.96. The van der Waals surface area contributed by atoms with Gasteiger partial charge in [0.2, 0.25) is 0 Å². The zero-order chi connectivity index (χ0) is 15.5. The SMILES string of the molecule is CCOc1ccc(Cl)cc1S(=O)(=O)N(C)c1ccccc1. The van der Waals surface area contributed by atoms with Crippen LogP contribution in [0.4, 0.5) is 5.69 Å². The van der Waals surface area contributed by atoms with E-state index in [-0.39, 0.29) is 4.90 Å². The van der Waals surface area contributed by atoms with Crippen molar-refractivity contribution in [1.82, 2.24) is 0 Å². The number of sulfonamides is 1. The summed E-state index contributed by atoms with van der Waals surface area (Å²) in [5.74, 6) is 0.296. The van der Waals surface area contributed by atoms with Crippen LogP contribution in [-0.4, -0.2) is 22.1 Å². The topological polar surface area (TPSA) is 46.6 Å². The number of benzene rings is 2. The summed E-state index contributed by atoms with van der Waals surface area (Å²) in [6, 6.07) is 13.4. The fourth-order valence-corrected chi connectivity index (χ4v) is 3.47. The first kappa shape index (κ1) is 15.7. The highest BCUT2D eigenvalue weighted by Gasteiger charge is 2.25. The van der Waals surface area contributed by atoms with Crippen LogP contribution in [0.25, 0.3) is 0 Å². The molecular formula is C15H16ClNO3S. The van der Waals surface area contributed by atoms with E-state index >= 15 is 0 Å². The molecule has 112 valence electrons. The first-order chi connectivity index (χ1) is 9.96. The summed E-state index contributed by atoms with van der Waals surface area (Å²) in [7, 11) is -2.24. The van der Waals surface area contributed by atoms with Gasteiger partial charge < -0.3 is 4.74 Å². The van der Waals surface area contributed by atoms with Crippen LogP contribution in [0.5, 0.6) is 5.75 Å². The van der Waals surface area contributed by atoms with Crippen LogP contribution < -0.4 is 9.04 Å². The summed E-state index contributed by atoms with van der Waals surface area (Å²) in [6.45, 7) is 2.17. The molecule has 0 atom stereocenters. The number of ether oxygens (including phenoxy) is 1. The van der Waals surface area contributed by atoms with Crippen LogP contribution in [0, 0.1) is 0 Å². The van der Waals surface area contributed by atoms with Gasteiger partial charge >= 0.3 is 0 Å². The van der Waals surface area contributed by atoms with Crippen molar-refractivity contribution >= 4 is 27.3 Å². The molecule has 0 fully saturated rings. The molecule has 0 unspecified atom stereocenters. The van der Waals surface area contributed by atoms with Gasteiger partial charge in [0.15, 0.2) is 0 Å².